The van der Waals surface area contributed by atoms with E-state index in [1.165, 1.54) is 57.8 Å². The third-order valence-corrected chi connectivity index (χ3v) is 6.14. The minimum atomic E-state index is 0.231. The molecular weight excluding hydrogens is 371 g/mol. The third kappa shape index (κ3) is 17.4. The van der Waals surface area contributed by atoms with Crippen LogP contribution in [0.15, 0.2) is 3.34 Å². The summed E-state index contributed by atoms with van der Waals surface area (Å²) in [5, 5.41) is 0. The van der Waals surface area contributed by atoms with E-state index in [-0.39, 0.29) is 5.54 Å². The average Bonchev–Trinajstić information content (AvgIpc) is 2.66. The summed E-state index contributed by atoms with van der Waals surface area (Å²) in [4.78, 5) is 0. The normalized spacial score (nSPS) is 23.2. The van der Waals surface area contributed by atoms with Crippen LogP contribution in [0.25, 0.3) is 0 Å². The summed E-state index contributed by atoms with van der Waals surface area (Å²) in [5.41, 5.74) is 0.231. The molecular formula is C22H44NNb-3. The summed E-state index contributed by atoms with van der Waals surface area (Å²) in [7, 11) is 0. The monoisotopic (exact) mass is 415 g/mol. The Bertz CT molecular complexity index is 247. The van der Waals surface area contributed by atoms with Crippen LogP contribution in [0.2, 0.25) is 0 Å². The summed E-state index contributed by atoms with van der Waals surface area (Å²) in [6.07, 6.45) is 18.9. The molecule has 2 atom stereocenters. The van der Waals surface area contributed by atoms with Crippen molar-refractivity contribution in [1.82, 2.24) is 0 Å². The van der Waals surface area contributed by atoms with Crippen molar-refractivity contribution >= 4 is 0 Å². The molecule has 2 unspecified atom stereocenters. The molecule has 0 heterocycles. The first kappa shape index (κ1) is 26.8. The van der Waals surface area contributed by atoms with Crippen molar-refractivity contribution in [3.8, 4) is 0 Å². The molecule has 1 nitrogen and oxygen atoms in total. The molecule has 0 aromatic rings. The van der Waals surface area contributed by atoms with Gasteiger partial charge in [0.1, 0.15) is 0 Å². The first-order chi connectivity index (χ1) is 11.4. The van der Waals surface area contributed by atoms with Gasteiger partial charge in [0, 0.05) is 0 Å². The zero-order valence-corrected chi connectivity index (χ0v) is 19.7. The van der Waals surface area contributed by atoms with Crippen LogP contribution >= 0.6 is 0 Å². The molecule has 145 valence electrons. The summed E-state index contributed by atoms with van der Waals surface area (Å²) in [6, 6.07) is 0. The number of hydrogen-bond acceptors (Lipinski definition) is 1. The van der Waals surface area contributed by atoms with Crippen LogP contribution in [0.5, 0.6) is 0 Å². The van der Waals surface area contributed by atoms with Gasteiger partial charge in [-0.2, -0.15) is 31.6 Å². The molecule has 0 bridgehead atoms. The Balaban J connectivity index is 0. The van der Waals surface area contributed by atoms with Crippen LogP contribution < -0.4 is 0 Å². The van der Waals surface area contributed by atoms with Crippen LogP contribution in [0, 0.1) is 31.6 Å². The summed E-state index contributed by atoms with van der Waals surface area (Å²) in [5.74, 6) is 1.83. The van der Waals surface area contributed by atoms with E-state index in [9.17, 15) is 0 Å². The maximum atomic E-state index is 4.19. The predicted molar refractivity (Wildman–Crippen MR) is 106 cm³/mol. The fourth-order valence-electron chi connectivity index (χ4n) is 2.67. The van der Waals surface area contributed by atoms with E-state index in [2.05, 4.69) is 57.7 Å². The second kappa shape index (κ2) is 18.3. The number of hydrogen-bond donors (Lipinski definition) is 0. The fraction of sp³-hybridized carbons (Fsp3) is 0.864. The van der Waals surface area contributed by atoms with Crippen LogP contribution in [-0.2, 0) is 20.9 Å². The molecule has 0 N–H and O–H groups in total. The molecule has 2 saturated carbocycles. The molecule has 2 aliphatic carbocycles. The molecule has 0 amide bonds. The average molecular weight is 416 g/mol. The van der Waals surface area contributed by atoms with E-state index in [0.717, 1.165) is 18.3 Å². The standard InChI is InChI=1S/C9H17.C6H11.C5H11N.C2H5.Nb/c1-3-9-6-4-5-8(2)7-9;1-2-4-6-5-3-1;1-4-5(2,3)6;1-2;/h7-9H,3-6H2,1-2H3;1H,2-6H2;4H2,1-3H3;1H2,2H3;/q2*-1;;-1;. The molecule has 0 aromatic carbocycles. The van der Waals surface area contributed by atoms with Gasteiger partial charge in [-0.1, -0.05) is 58.8 Å². The second-order valence-electron chi connectivity index (χ2n) is 7.46. The maximum absolute atomic E-state index is 4.19. The number of rotatable bonds is 3. The van der Waals surface area contributed by atoms with Gasteiger partial charge in [-0.25, -0.2) is 0 Å². The van der Waals surface area contributed by atoms with E-state index in [0.29, 0.717) is 0 Å². The Morgan fingerprint density at radius 2 is 1.62 bits per heavy atom. The second-order valence-corrected chi connectivity index (χ2v) is 7.95. The molecule has 2 heteroatoms. The zero-order chi connectivity index (χ0) is 18.8. The molecule has 0 saturated heterocycles. The molecule has 0 aliphatic heterocycles. The fourth-order valence-corrected chi connectivity index (χ4v) is 3.02. The van der Waals surface area contributed by atoms with Gasteiger partial charge in [0.15, 0.2) is 0 Å². The Kier molecular flexibility index (Phi) is 20.4. The predicted octanol–water partition coefficient (Wildman–Crippen LogP) is 7.94. The van der Waals surface area contributed by atoms with E-state index in [1.807, 2.05) is 0 Å². The molecule has 0 aromatic heterocycles. The zero-order valence-electron chi connectivity index (χ0n) is 17.5. The van der Waals surface area contributed by atoms with Crippen molar-refractivity contribution in [3.63, 3.8) is 0 Å². The minimum Gasteiger partial charge on any atom is -0.346 e. The maximum Gasteiger partial charge on any atom is -0.0577 e. The van der Waals surface area contributed by atoms with Crippen molar-refractivity contribution in [2.75, 3.05) is 0 Å². The summed E-state index contributed by atoms with van der Waals surface area (Å²) in [6.45, 7) is 16.1. The van der Waals surface area contributed by atoms with Crippen molar-refractivity contribution in [2.24, 2.45) is 15.2 Å². The molecule has 2 rings (SSSR count). The first-order valence-corrected chi connectivity index (χ1v) is 11.2. The Labute approximate surface area is 166 Å². The van der Waals surface area contributed by atoms with Gasteiger partial charge in [0.25, 0.3) is 0 Å². The van der Waals surface area contributed by atoms with Gasteiger partial charge in [-0.05, 0) is 0 Å². The third-order valence-electron chi connectivity index (χ3n) is 4.81. The van der Waals surface area contributed by atoms with Crippen LogP contribution in [0.3, 0.4) is 0 Å². The molecule has 0 radical (unpaired) electrons. The topological polar surface area (TPSA) is 12.4 Å². The Morgan fingerprint density at radius 3 is 1.83 bits per heavy atom. The smallest absolute Gasteiger partial charge is 0.0577 e. The van der Waals surface area contributed by atoms with Crippen LogP contribution in [0.4, 0.5) is 0 Å². The van der Waals surface area contributed by atoms with E-state index < -0.39 is 0 Å². The first-order valence-electron chi connectivity index (χ1n) is 10.2. The van der Waals surface area contributed by atoms with Crippen molar-refractivity contribution in [1.29, 1.82) is 0 Å². The van der Waals surface area contributed by atoms with Crippen molar-refractivity contribution < 1.29 is 20.9 Å². The van der Waals surface area contributed by atoms with E-state index >= 15 is 0 Å². The van der Waals surface area contributed by atoms with Gasteiger partial charge < -0.3 is 19.8 Å². The molecule has 2 fully saturated rings. The van der Waals surface area contributed by atoms with Crippen LogP contribution in [-0.4, -0.2) is 5.54 Å². The van der Waals surface area contributed by atoms with Gasteiger partial charge >= 0.3 is 57.0 Å². The number of nitrogens with zero attached hydrogens (tertiary/aromatic N) is 1. The Hall–Kier alpha value is 0.540. The van der Waals surface area contributed by atoms with Gasteiger partial charge in [-0.15, -0.1) is 0 Å². The van der Waals surface area contributed by atoms with Gasteiger partial charge in [0.2, 0.25) is 0 Å². The molecule has 24 heavy (non-hydrogen) atoms. The van der Waals surface area contributed by atoms with Gasteiger partial charge in [-0.3, -0.25) is 0 Å². The quantitative estimate of drug-likeness (QED) is 0.328. The summed E-state index contributed by atoms with van der Waals surface area (Å²) >= 11 is 1.55. The summed E-state index contributed by atoms with van der Waals surface area (Å²) < 4.78 is 4.19. The Morgan fingerprint density at radius 1 is 1.04 bits per heavy atom. The SMILES string of the molecule is CCC(C)(C)[N]=[Nb].CCC1[CH-]C(C)CCC1.[CH-]1CCCCC1.[CH2-]C. The van der Waals surface area contributed by atoms with Gasteiger partial charge in [0.05, 0.1) is 0 Å². The molecule has 2 aliphatic rings. The van der Waals surface area contributed by atoms with E-state index in [1.54, 1.807) is 27.8 Å². The minimum absolute atomic E-state index is 0.231. The van der Waals surface area contributed by atoms with Crippen molar-refractivity contribution in [3.05, 3.63) is 19.8 Å². The van der Waals surface area contributed by atoms with E-state index in [4.69, 9.17) is 0 Å². The van der Waals surface area contributed by atoms with Crippen LogP contribution in [0.1, 0.15) is 106 Å². The van der Waals surface area contributed by atoms with Crippen molar-refractivity contribution in [2.45, 2.75) is 111 Å². The largest absolute Gasteiger partial charge is 0.346 e. The molecule has 0 spiro atoms.